The lowest BCUT2D eigenvalue weighted by atomic mass is 10.1. The van der Waals surface area contributed by atoms with E-state index in [9.17, 15) is 9.59 Å². The molecule has 7 heteroatoms. The lowest BCUT2D eigenvalue weighted by Crippen LogP contribution is -2.23. The van der Waals surface area contributed by atoms with E-state index >= 15 is 0 Å². The standard InChI is InChI=1S/C19H17Cl2N3O2/c1-12-18(19(26)24(23(12)2)14-6-4-3-5-7-14)22-17(25)11-13-8-9-15(20)16(21)10-13/h3-10H,11H2,1-2H3,(H,22,25). The number of benzene rings is 2. The fraction of sp³-hybridized carbons (Fsp3) is 0.158. The molecule has 2 aromatic carbocycles. The number of rotatable bonds is 4. The Balaban J connectivity index is 1.87. The molecule has 0 unspecified atom stereocenters. The lowest BCUT2D eigenvalue weighted by molar-refractivity contribution is -0.115. The van der Waals surface area contributed by atoms with E-state index in [1.54, 1.807) is 36.9 Å². The van der Waals surface area contributed by atoms with Crippen LogP contribution in [0.4, 0.5) is 5.69 Å². The minimum Gasteiger partial charge on any atom is -0.320 e. The summed E-state index contributed by atoms with van der Waals surface area (Å²) < 4.78 is 3.23. The van der Waals surface area contributed by atoms with Gasteiger partial charge in [-0.1, -0.05) is 47.5 Å². The average Bonchev–Trinajstić information content (AvgIpc) is 2.82. The Hall–Kier alpha value is -2.50. The number of hydrogen-bond acceptors (Lipinski definition) is 2. The Bertz CT molecular complexity index is 1020. The molecule has 0 fully saturated rings. The molecular weight excluding hydrogens is 373 g/mol. The quantitative estimate of drug-likeness (QED) is 0.733. The Morgan fingerprint density at radius 1 is 1.08 bits per heavy atom. The lowest BCUT2D eigenvalue weighted by Gasteiger charge is -2.07. The highest BCUT2D eigenvalue weighted by Gasteiger charge is 2.18. The summed E-state index contributed by atoms with van der Waals surface area (Å²) in [5, 5.41) is 3.54. The summed E-state index contributed by atoms with van der Waals surface area (Å²) in [4.78, 5) is 25.2. The van der Waals surface area contributed by atoms with E-state index in [4.69, 9.17) is 23.2 Å². The molecule has 134 valence electrons. The van der Waals surface area contributed by atoms with Crippen LogP contribution in [0, 0.1) is 6.92 Å². The number of hydrogen-bond donors (Lipinski definition) is 1. The van der Waals surface area contributed by atoms with Crippen LogP contribution in [-0.2, 0) is 18.3 Å². The first-order valence-corrected chi connectivity index (χ1v) is 8.72. The third kappa shape index (κ3) is 3.54. The molecule has 0 saturated heterocycles. The van der Waals surface area contributed by atoms with Crippen LogP contribution in [0.3, 0.4) is 0 Å². The fourth-order valence-corrected chi connectivity index (χ4v) is 3.05. The zero-order chi connectivity index (χ0) is 18.8. The number of anilines is 1. The Kier molecular flexibility index (Phi) is 5.20. The summed E-state index contributed by atoms with van der Waals surface area (Å²) >= 11 is 11.9. The summed E-state index contributed by atoms with van der Waals surface area (Å²) in [6.07, 6.45) is 0.0933. The number of nitrogens with zero attached hydrogens (tertiary/aromatic N) is 2. The molecular formula is C19H17Cl2N3O2. The van der Waals surface area contributed by atoms with E-state index in [-0.39, 0.29) is 23.6 Å². The Morgan fingerprint density at radius 2 is 1.77 bits per heavy atom. The van der Waals surface area contributed by atoms with Gasteiger partial charge in [0.25, 0.3) is 5.56 Å². The number of carbonyl (C=O) groups excluding carboxylic acids is 1. The summed E-state index contributed by atoms with van der Waals surface area (Å²) in [5.41, 5.74) is 2.10. The number of carbonyl (C=O) groups is 1. The summed E-state index contributed by atoms with van der Waals surface area (Å²) in [5.74, 6) is -0.297. The number of nitrogens with one attached hydrogen (secondary N) is 1. The molecule has 1 N–H and O–H groups in total. The normalized spacial score (nSPS) is 10.8. The number of para-hydroxylation sites is 1. The zero-order valence-corrected chi connectivity index (χ0v) is 15.8. The highest BCUT2D eigenvalue weighted by molar-refractivity contribution is 6.42. The first kappa shape index (κ1) is 18.3. The second-order valence-corrected chi connectivity index (χ2v) is 6.72. The monoisotopic (exact) mass is 389 g/mol. The minimum atomic E-state index is -0.297. The van der Waals surface area contributed by atoms with Crippen molar-refractivity contribution in [3.8, 4) is 5.69 Å². The second kappa shape index (κ2) is 7.40. The molecule has 3 rings (SSSR count). The Morgan fingerprint density at radius 3 is 2.42 bits per heavy atom. The molecule has 0 aliphatic heterocycles. The van der Waals surface area contributed by atoms with Gasteiger partial charge in [-0.15, -0.1) is 0 Å². The van der Waals surface area contributed by atoms with Crippen LogP contribution in [0.1, 0.15) is 11.3 Å². The van der Waals surface area contributed by atoms with E-state index in [1.807, 2.05) is 30.3 Å². The molecule has 5 nitrogen and oxygen atoms in total. The topological polar surface area (TPSA) is 56.0 Å². The average molecular weight is 390 g/mol. The molecule has 26 heavy (non-hydrogen) atoms. The van der Waals surface area contributed by atoms with Gasteiger partial charge in [0, 0.05) is 7.05 Å². The first-order valence-electron chi connectivity index (χ1n) is 7.96. The van der Waals surface area contributed by atoms with Gasteiger partial charge in [0.1, 0.15) is 5.69 Å². The maximum atomic E-state index is 12.8. The minimum absolute atomic E-state index is 0.0933. The van der Waals surface area contributed by atoms with Gasteiger partial charge in [0.05, 0.1) is 27.8 Å². The number of halogens is 2. The zero-order valence-electron chi connectivity index (χ0n) is 14.3. The van der Waals surface area contributed by atoms with Crippen molar-refractivity contribution in [2.45, 2.75) is 13.3 Å². The van der Waals surface area contributed by atoms with Gasteiger partial charge in [0.2, 0.25) is 5.91 Å². The van der Waals surface area contributed by atoms with Crippen molar-refractivity contribution in [3.63, 3.8) is 0 Å². The van der Waals surface area contributed by atoms with Crippen molar-refractivity contribution in [2.75, 3.05) is 5.32 Å². The van der Waals surface area contributed by atoms with E-state index in [1.165, 1.54) is 4.68 Å². The maximum absolute atomic E-state index is 12.8. The van der Waals surface area contributed by atoms with E-state index in [0.29, 0.717) is 21.3 Å². The highest BCUT2D eigenvalue weighted by atomic mass is 35.5. The van der Waals surface area contributed by atoms with E-state index in [0.717, 1.165) is 5.69 Å². The predicted molar refractivity (Wildman–Crippen MR) is 105 cm³/mol. The molecule has 0 spiro atoms. The van der Waals surface area contributed by atoms with Crippen molar-refractivity contribution >= 4 is 34.8 Å². The first-order chi connectivity index (χ1) is 12.4. The van der Waals surface area contributed by atoms with Crippen LogP contribution in [-0.4, -0.2) is 15.3 Å². The highest BCUT2D eigenvalue weighted by Crippen LogP contribution is 2.23. The largest absolute Gasteiger partial charge is 0.320 e. The summed E-state index contributed by atoms with van der Waals surface area (Å²) in [6.45, 7) is 1.79. The fourth-order valence-electron chi connectivity index (χ4n) is 2.73. The van der Waals surface area contributed by atoms with Crippen LogP contribution < -0.4 is 10.9 Å². The summed E-state index contributed by atoms with van der Waals surface area (Å²) in [7, 11) is 1.78. The van der Waals surface area contributed by atoms with Gasteiger partial charge in [-0.3, -0.25) is 14.3 Å². The van der Waals surface area contributed by atoms with Crippen LogP contribution in [0.15, 0.2) is 53.3 Å². The van der Waals surface area contributed by atoms with Gasteiger partial charge in [-0.2, -0.15) is 0 Å². The molecule has 3 aromatic rings. The molecule has 1 aromatic heterocycles. The molecule has 1 heterocycles. The molecule has 0 saturated carbocycles. The number of amides is 1. The smallest absolute Gasteiger partial charge is 0.295 e. The third-order valence-electron chi connectivity index (χ3n) is 4.17. The van der Waals surface area contributed by atoms with Gasteiger partial charge in [-0.25, -0.2) is 4.68 Å². The molecule has 0 aliphatic rings. The number of aromatic nitrogens is 2. The van der Waals surface area contributed by atoms with Crippen LogP contribution in [0.25, 0.3) is 5.69 Å². The van der Waals surface area contributed by atoms with E-state index in [2.05, 4.69) is 5.32 Å². The van der Waals surface area contributed by atoms with Crippen molar-refractivity contribution in [1.29, 1.82) is 0 Å². The van der Waals surface area contributed by atoms with Crippen LogP contribution in [0.2, 0.25) is 10.0 Å². The van der Waals surface area contributed by atoms with Crippen molar-refractivity contribution < 1.29 is 4.79 Å². The van der Waals surface area contributed by atoms with Crippen LogP contribution in [0.5, 0.6) is 0 Å². The Labute approximate surface area is 160 Å². The molecule has 1 amide bonds. The second-order valence-electron chi connectivity index (χ2n) is 5.91. The van der Waals surface area contributed by atoms with Crippen molar-refractivity contribution in [2.24, 2.45) is 7.05 Å². The van der Waals surface area contributed by atoms with Crippen molar-refractivity contribution in [3.05, 3.63) is 80.2 Å². The van der Waals surface area contributed by atoms with Gasteiger partial charge < -0.3 is 5.32 Å². The van der Waals surface area contributed by atoms with E-state index < -0.39 is 0 Å². The summed E-state index contributed by atoms with van der Waals surface area (Å²) in [6, 6.07) is 14.3. The van der Waals surface area contributed by atoms with Crippen LogP contribution >= 0.6 is 23.2 Å². The van der Waals surface area contributed by atoms with Gasteiger partial charge >= 0.3 is 0 Å². The molecule has 0 atom stereocenters. The predicted octanol–water partition coefficient (Wildman–Crippen LogP) is 3.97. The maximum Gasteiger partial charge on any atom is 0.295 e. The molecule has 0 aliphatic carbocycles. The third-order valence-corrected chi connectivity index (χ3v) is 4.91. The molecule has 0 bridgehead atoms. The molecule has 0 radical (unpaired) electrons. The van der Waals surface area contributed by atoms with Gasteiger partial charge in [-0.05, 0) is 36.8 Å². The van der Waals surface area contributed by atoms with Gasteiger partial charge in [0.15, 0.2) is 0 Å². The SMILES string of the molecule is Cc1c(NC(=O)Cc2ccc(Cl)c(Cl)c2)c(=O)n(-c2ccccc2)n1C. The van der Waals surface area contributed by atoms with Crippen molar-refractivity contribution in [1.82, 2.24) is 9.36 Å².